The Hall–Kier alpha value is -3.16. The number of carbonyl (C=O) groups is 1. The molecule has 7 heteroatoms. The quantitative estimate of drug-likeness (QED) is 0.596. The van der Waals surface area contributed by atoms with E-state index in [1.165, 1.54) is 29.8 Å². The van der Waals surface area contributed by atoms with E-state index in [4.69, 9.17) is 5.14 Å². The highest BCUT2D eigenvalue weighted by molar-refractivity contribution is 7.89. The van der Waals surface area contributed by atoms with E-state index < -0.39 is 16.1 Å². The van der Waals surface area contributed by atoms with Crippen LogP contribution in [0.3, 0.4) is 0 Å². The predicted molar refractivity (Wildman–Crippen MR) is 114 cm³/mol. The predicted octanol–water partition coefficient (Wildman–Crippen LogP) is 3.86. The van der Waals surface area contributed by atoms with Crippen molar-refractivity contribution in [1.29, 1.82) is 0 Å². The van der Waals surface area contributed by atoms with Crippen LogP contribution in [0.5, 0.6) is 0 Å². The number of anilines is 1. The first-order valence-corrected chi connectivity index (χ1v) is 10.6. The first-order valence-electron chi connectivity index (χ1n) is 9.06. The van der Waals surface area contributed by atoms with Gasteiger partial charge in [-0.1, -0.05) is 48.5 Å². The van der Waals surface area contributed by atoms with E-state index in [-0.39, 0.29) is 10.9 Å². The summed E-state index contributed by atoms with van der Waals surface area (Å²) in [5.74, 6) is 0. The molecule has 150 valence electrons. The number of sulfonamides is 1. The van der Waals surface area contributed by atoms with Crippen LogP contribution in [0.2, 0.25) is 0 Å². The van der Waals surface area contributed by atoms with Crippen LogP contribution in [0.1, 0.15) is 28.3 Å². The Balaban J connectivity index is 1.82. The number of primary sulfonamides is 1. The minimum absolute atomic E-state index is 0.0132. The highest BCUT2D eigenvalue weighted by Crippen LogP contribution is 2.24. The summed E-state index contributed by atoms with van der Waals surface area (Å²) in [5, 5.41) is 10.8. The van der Waals surface area contributed by atoms with Crippen LogP contribution >= 0.6 is 0 Å². The molecule has 0 spiro atoms. The summed E-state index contributed by atoms with van der Waals surface area (Å²) in [6.07, 6.45) is 0. The van der Waals surface area contributed by atoms with Gasteiger partial charge in [-0.3, -0.25) is 0 Å². The fourth-order valence-electron chi connectivity index (χ4n) is 2.98. The average Bonchev–Trinajstić information content (AvgIpc) is 2.69. The maximum absolute atomic E-state index is 12.6. The number of nitrogens with one attached hydrogen (secondary N) is 2. The second-order valence-corrected chi connectivity index (χ2v) is 8.42. The van der Waals surface area contributed by atoms with E-state index in [1.807, 2.05) is 56.3 Å². The second-order valence-electron chi connectivity index (χ2n) is 6.86. The summed E-state index contributed by atoms with van der Waals surface area (Å²) in [6, 6.07) is 20.7. The Kier molecular flexibility index (Phi) is 6.00. The third kappa shape index (κ3) is 5.22. The van der Waals surface area contributed by atoms with E-state index in [9.17, 15) is 13.2 Å². The third-order valence-corrected chi connectivity index (χ3v) is 5.64. The molecule has 0 heterocycles. The first-order chi connectivity index (χ1) is 13.7. The molecular formula is C22H23N3O3S. The molecule has 6 nitrogen and oxygen atoms in total. The van der Waals surface area contributed by atoms with Crippen molar-refractivity contribution in [2.24, 2.45) is 5.14 Å². The number of urea groups is 1. The molecule has 0 aliphatic rings. The maximum atomic E-state index is 12.6. The number of nitrogens with two attached hydrogens (primary N) is 1. The van der Waals surface area contributed by atoms with Gasteiger partial charge in [0.25, 0.3) is 0 Å². The number of aryl methyl sites for hydroxylation is 2. The van der Waals surface area contributed by atoms with Gasteiger partial charge < -0.3 is 10.6 Å². The van der Waals surface area contributed by atoms with Gasteiger partial charge in [0.05, 0.1) is 10.9 Å². The summed E-state index contributed by atoms with van der Waals surface area (Å²) >= 11 is 0. The van der Waals surface area contributed by atoms with Crippen molar-refractivity contribution < 1.29 is 13.2 Å². The molecule has 0 saturated carbocycles. The second kappa shape index (κ2) is 8.46. The Morgan fingerprint density at radius 2 is 1.52 bits per heavy atom. The topological polar surface area (TPSA) is 101 Å². The molecule has 2 amide bonds. The van der Waals surface area contributed by atoms with E-state index in [2.05, 4.69) is 16.7 Å². The van der Waals surface area contributed by atoms with Crippen LogP contribution in [-0.4, -0.2) is 14.4 Å². The minimum Gasteiger partial charge on any atom is -0.327 e. The number of carbonyl (C=O) groups excluding carboxylic acids is 1. The van der Waals surface area contributed by atoms with Crippen molar-refractivity contribution in [2.75, 3.05) is 5.32 Å². The van der Waals surface area contributed by atoms with Crippen molar-refractivity contribution in [3.63, 3.8) is 0 Å². The Morgan fingerprint density at radius 3 is 2.10 bits per heavy atom. The molecule has 29 heavy (non-hydrogen) atoms. The molecule has 3 rings (SSSR count). The Morgan fingerprint density at radius 1 is 0.862 bits per heavy atom. The molecule has 0 bridgehead atoms. The van der Waals surface area contributed by atoms with E-state index in [1.54, 1.807) is 0 Å². The molecule has 1 unspecified atom stereocenters. The van der Waals surface area contributed by atoms with Crippen molar-refractivity contribution in [2.45, 2.75) is 24.8 Å². The van der Waals surface area contributed by atoms with Crippen LogP contribution in [-0.2, 0) is 10.0 Å². The van der Waals surface area contributed by atoms with Gasteiger partial charge in [0.2, 0.25) is 10.0 Å². The summed E-state index contributed by atoms with van der Waals surface area (Å²) < 4.78 is 22.7. The van der Waals surface area contributed by atoms with Gasteiger partial charge >= 0.3 is 6.03 Å². The molecule has 0 radical (unpaired) electrons. The molecule has 3 aromatic carbocycles. The Bertz CT molecular complexity index is 1110. The van der Waals surface area contributed by atoms with E-state index in [0.29, 0.717) is 5.69 Å². The Labute approximate surface area is 170 Å². The van der Waals surface area contributed by atoms with Gasteiger partial charge in [-0.2, -0.15) is 0 Å². The number of benzene rings is 3. The molecule has 0 aliphatic heterocycles. The lowest BCUT2D eigenvalue weighted by Crippen LogP contribution is -2.33. The van der Waals surface area contributed by atoms with Gasteiger partial charge in [-0.25, -0.2) is 18.4 Å². The lowest BCUT2D eigenvalue weighted by atomic mass is 9.96. The zero-order valence-electron chi connectivity index (χ0n) is 16.2. The number of hydrogen-bond acceptors (Lipinski definition) is 3. The largest absolute Gasteiger partial charge is 0.327 e. The van der Waals surface area contributed by atoms with E-state index >= 15 is 0 Å². The molecule has 0 aliphatic carbocycles. The molecule has 3 aromatic rings. The molecule has 4 N–H and O–H groups in total. The molecular weight excluding hydrogens is 386 g/mol. The van der Waals surface area contributed by atoms with Gasteiger partial charge in [0.1, 0.15) is 0 Å². The van der Waals surface area contributed by atoms with Crippen LogP contribution in [0, 0.1) is 13.8 Å². The van der Waals surface area contributed by atoms with Crippen molar-refractivity contribution >= 4 is 21.7 Å². The maximum Gasteiger partial charge on any atom is 0.319 e. The minimum atomic E-state index is -3.78. The van der Waals surface area contributed by atoms with Gasteiger partial charge in [-0.15, -0.1) is 0 Å². The average molecular weight is 410 g/mol. The summed E-state index contributed by atoms with van der Waals surface area (Å²) in [6.45, 7) is 4.08. The SMILES string of the molecule is Cc1ccc(C(NC(=O)Nc2ccc(S(N)(=O)=O)cc2)c2ccccc2)cc1C. The van der Waals surface area contributed by atoms with Crippen LogP contribution in [0.25, 0.3) is 0 Å². The highest BCUT2D eigenvalue weighted by Gasteiger charge is 2.17. The van der Waals surface area contributed by atoms with Crippen LogP contribution in [0.15, 0.2) is 77.7 Å². The van der Waals surface area contributed by atoms with Crippen molar-refractivity contribution in [3.8, 4) is 0 Å². The normalized spacial score (nSPS) is 12.2. The zero-order valence-corrected chi connectivity index (χ0v) is 17.0. The molecule has 0 saturated heterocycles. The summed E-state index contributed by atoms with van der Waals surface area (Å²) in [7, 11) is -3.78. The molecule has 0 aromatic heterocycles. The first kappa shape index (κ1) is 20.6. The lowest BCUT2D eigenvalue weighted by molar-refractivity contribution is 0.250. The third-order valence-electron chi connectivity index (χ3n) is 4.71. The number of amides is 2. The fourth-order valence-corrected chi connectivity index (χ4v) is 3.49. The standard InChI is InChI=1S/C22H23N3O3S/c1-15-8-9-18(14-16(15)2)21(17-6-4-3-5-7-17)25-22(26)24-19-10-12-20(13-11-19)29(23,27)28/h3-14,21H,1-2H3,(H2,23,27,28)(H2,24,25,26). The lowest BCUT2D eigenvalue weighted by Gasteiger charge is -2.21. The van der Waals surface area contributed by atoms with Crippen LogP contribution < -0.4 is 15.8 Å². The van der Waals surface area contributed by atoms with E-state index in [0.717, 1.165) is 16.7 Å². The number of hydrogen-bond donors (Lipinski definition) is 3. The van der Waals surface area contributed by atoms with Crippen molar-refractivity contribution in [3.05, 3.63) is 95.1 Å². The molecule has 0 fully saturated rings. The fraction of sp³-hybridized carbons (Fsp3) is 0.136. The van der Waals surface area contributed by atoms with Crippen LogP contribution in [0.4, 0.5) is 10.5 Å². The van der Waals surface area contributed by atoms with Gasteiger partial charge in [-0.05, 0) is 60.4 Å². The summed E-state index contributed by atoms with van der Waals surface area (Å²) in [4.78, 5) is 12.6. The van der Waals surface area contributed by atoms with Crippen molar-refractivity contribution in [1.82, 2.24) is 5.32 Å². The van der Waals surface area contributed by atoms with Gasteiger partial charge in [0.15, 0.2) is 0 Å². The monoisotopic (exact) mass is 409 g/mol. The van der Waals surface area contributed by atoms with Gasteiger partial charge in [0, 0.05) is 5.69 Å². The number of rotatable bonds is 5. The highest BCUT2D eigenvalue weighted by atomic mass is 32.2. The molecule has 1 atom stereocenters. The zero-order chi connectivity index (χ0) is 21.0. The summed E-state index contributed by atoms with van der Waals surface area (Å²) in [5.41, 5.74) is 4.71. The smallest absolute Gasteiger partial charge is 0.319 e.